The molecule has 0 saturated carbocycles. The lowest BCUT2D eigenvalue weighted by atomic mass is 9.77. The zero-order valence-corrected chi connectivity index (χ0v) is 24.7. The number of benzene rings is 8. The highest BCUT2D eigenvalue weighted by molar-refractivity contribution is 6.14. The molecule has 0 amide bonds. The summed E-state index contributed by atoms with van der Waals surface area (Å²) in [4.78, 5) is 2.38. The number of nitrogens with zero attached hydrogens (tertiary/aromatic N) is 1. The van der Waals surface area contributed by atoms with Crippen molar-refractivity contribution in [1.29, 1.82) is 0 Å². The van der Waals surface area contributed by atoms with Crippen molar-refractivity contribution in [2.45, 2.75) is 0 Å². The Hall–Kier alpha value is -5.92. The maximum atomic E-state index is 2.41. The van der Waals surface area contributed by atoms with Crippen LogP contribution in [0.2, 0.25) is 0 Å². The van der Waals surface area contributed by atoms with Crippen molar-refractivity contribution in [3.05, 3.63) is 176 Å². The monoisotopic (exact) mass is 571 g/mol. The minimum Gasteiger partial charge on any atom is -0.310 e. The Labute approximate surface area is 263 Å². The third-order valence-corrected chi connectivity index (χ3v) is 9.15. The number of para-hydroxylation sites is 1. The number of anilines is 3. The van der Waals surface area contributed by atoms with Crippen LogP contribution in [0.3, 0.4) is 0 Å². The molecule has 0 radical (unpaired) electrons. The van der Waals surface area contributed by atoms with Gasteiger partial charge in [0.1, 0.15) is 0 Å². The van der Waals surface area contributed by atoms with Crippen molar-refractivity contribution in [2.75, 3.05) is 4.90 Å². The van der Waals surface area contributed by atoms with E-state index in [1.54, 1.807) is 0 Å². The molecule has 1 aliphatic carbocycles. The van der Waals surface area contributed by atoms with E-state index in [0.717, 1.165) is 11.4 Å². The van der Waals surface area contributed by atoms with Gasteiger partial charge >= 0.3 is 0 Å². The van der Waals surface area contributed by atoms with Crippen molar-refractivity contribution in [3.8, 4) is 44.5 Å². The Kier molecular flexibility index (Phi) is 5.89. The highest BCUT2D eigenvalue weighted by Crippen LogP contribution is 2.52. The van der Waals surface area contributed by atoms with Crippen molar-refractivity contribution in [1.82, 2.24) is 0 Å². The van der Waals surface area contributed by atoms with Crippen molar-refractivity contribution >= 4 is 38.6 Å². The van der Waals surface area contributed by atoms with Crippen molar-refractivity contribution in [2.24, 2.45) is 0 Å². The summed E-state index contributed by atoms with van der Waals surface area (Å²) in [7, 11) is 0. The van der Waals surface area contributed by atoms with Crippen LogP contribution in [-0.2, 0) is 0 Å². The molecule has 0 unspecified atom stereocenters. The van der Waals surface area contributed by atoms with Crippen LogP contribution >= 0.6 is 0 Å². The van der Waals surface area contributed by atoms with Gasteiger partial charge in [0.15, 0.2) is 0 Å². The predicted molar refractivity (Wildman–Crippen MR) is 191 cm³/mol. The molecule has 1 nitrogen and oxygen atoms in total. The molecule has 0 N–H and O–H groups in total. The number of rotatable bonds is 5. The normalized spacial score (nSPS) is 11.6. The standard InChI is InChI=1S/C44H29N/c1-4-11-30(12-5-1)32-21-23-38(24-22-32)45(37-16-8-3-9-17-37)44-18-10-15-35-27-41-40-26-34-20-19-33(31-13-6-2-7-14-31)25-36(34)28-42(40)43(41)29-39(35)44/h1-29H. The van der Waals surface area contributed by atoms with Crippen LogP contribution in [0.1, 0.15) is 0 Å². The molecule has 0 spiro atoms. The molecule has 9 rings (SSSR count). The van der Waals surface area contributed by atoms with Crippen LogP contribution in [-0.4, -0.2) is 0 Å². The SMILES string of the molecule is c1ccc(-c2ccc(N(c3ccccc3)c3cccc4cc5c(cc34)-c3cc4cc(-c6ccccc6)ccc4cc3-5)cc2)cc1. The lowest BCUT2D eigenvalue weighted by Gasteiger charge is -2.29. The molecule has 0 heterocycles. The topological polar surface area (TPSA) is 3.24 Å². The Bertz CT molecular complexity index is 2340. The third kappa shape index (κ3) is 4.32. The first-order valence-electron chi connectivity index (χ1n) is 15.5. The Morgan fingerprint density at radius 3 is 1.49 bits per heavy atom. The zero-order valence-electron chi connectivity index (χ0n) is 24.7. The van der Waals surface area contributed by atoms with E-state index in [-0.39, 0.29) is 0 Å². The molecule has 1 heteroatoms. The molecule has 0 aliphatic heterocycles. The van der Waals surface area contributed by atoms with Gasteiger partial charge in [0.25, 0.3) is 0 Å². The third-order valence-electron chi connectivity index (χ3n) is 9.15. The molecular weight excluding hydrogens is 542 g/mol. The number of hydrogen-bond acceptors (Lipinski definition) is 1. The minimum atomic E-state index is 1.14. The predicted octanol–water partition coefficient (Wildman–Crippen LogP) is 12.4. The summed E-state index contributed by atoms with van der Waals surface area (Å²) in [5.41, 5.74) is 13.7. The average molecular weight is 572 g/mol. The summed E-state index contributed by atoms with van der Waals surface area (Å²) in [6, 6.07) is 63.8. The molecule has 0 fully saturated rings. The van der Waals surface area contributed by atoms with E-state index in [1.165, 1.54) is 71.7 Å². The molecule has 0 aromatic heterocycles. The fourth-order valence-electron chi connectivity index (χ4n) is 6.88. The molecule has 0 atom stereocenters. The summed E-state index contributed by atoms with van der Waals surface area (Å²) in [5, 5.41) is 5.05. The Morgan fingerprint density at radius 2 is 0.800 bits per heavy atom. The van der Waals surface area contributed by atoms with Crippen LogP contribution in [0.5, 0.6) is 0 Å². The first-order valence-corrected chi connectivity index (χ1v) is 15.5. The summed E-state index contributed by atoms with van der Waals surface area (Å²) in [6.07, 6.45) is 0. The van der Waals surface area contributed by atoms with Crippen LogP contribution in [0.4, 0.5) is 17.1 Å². The quantitative estimate of drug-likeness (QED) is 0.199. The fraction of sp³-hybridized carbons (Fsp3) is 0. The largest absolute Gasteiger partial charge is 0.310 e. The molecule has 0 saturated heterocycles. The van der Waals surface area contributed by atoms with Crippen molar-refractivity contribution < 1.29 is 0 Å². The molecule has 0 bridgehead atoms. The van der Waals surface area contributed by atoms with Gasteiger partial charge in [-0.15, -0.1) is 0 Å². The summed E-state index contributed by atoms with van der Waals surface area (Å²) in [6.45, 7) is 0. The summed E-state index contributed by atoms with van der Waals surface area (Å²) >= 11 is 0. The average Bonchev–Trinajstić information content (AvgIpc) is 3.12. The lowest BCUT2D eigenvalue weighted by molar-refractivity contribution is 1.30. The van der Waals surface area contributed by atoms with Gasteiger partial charge in [-0.05, 0) is 121 Å². The Morgan fingerprint density at radius 1 is 0.289 bits per heavy atom. The second-order valence-electron chi connectivity index (χ2n) is 11.8. The summed E-state index contributed by atoms with van der Waals surface area (Å²) < 4.78 is 0. The minimum absolute atomic E-state index is 1.14. The molecule has 1 aliphatic rings. The van der Waals surface area contributed by atoms with E-state index in [1.807, 2.05) is 0 Å². The Balaban J connectivity index is 1.17. The molecule has 8 aromatic carbocycles. The van der Waals surface area contributed by atoms with Gasteiger partial charge in [0.2, 0.25) is 0 Å². The van der Waals surface area contributed by atoms with E-state index in [2.05, 4.69) is 181 Å². The van der Waals surface area contributed by atoms with E-state index in [9.17, 15) is 0 Å². The van der Waals surface area contributed by atoms with Gasteiger partial charge in [-0.1, -0.05) is 115 Å². The van der Waals surface area contributed by atoms with Crippen LogP contribution in [0.25, 0.3) is 66.1 Å². The molecule has 45 heavy (non-hydrogen) atoms. The van der Waals surface area contributed by atoms with E-state index in [0.29, 0.717) is 0 Å². The van der Waals surface area contributed by atoms with Gasteiger partial charge in [-0.25, -0.2) is 0 Å². The first kappa shape index (κ1) is 25.6. The van der Waals surface area contributed by atoms with Crippen LogP contribution in [0, 0.1) is 0 Å². The second kappa shape index (κ2) is 10.4. The van der Waals surface area contributed by atoms with E-state index >= 15 is 0 Å². The van der Waals surface area contributed by atoms with Crippen molar-refractivity contribution in [3.63, 3.8) is 0 Å². The number of hydrogen-bond donors (Lipinski definition) is 0. The van der Waals surface area contributed by atoms with Gasteiger partial charge in [-0.2, -0.15) is 0 Å². The molecular formula is C44H29N. The number of fused-ring (bicyclic) bond motifs is 6. The second-order valence-corrected chi connectivity index (χ2v) is 11.8. The highest BCUT2D eigenvalue weighted by Gasteiger charge is 2.25. The molecule has 8 aromatic rings. The van der Waals surface area contributed by atoms with Gasteiger partial charge in [-0.3, -0.25) is 0 Å². The maximum Gasteiger partial charge on any atom is 0.0540 e. The van der Waals surface area contributed by atoms with Crippen LogP contribution < -0.4 is 4.90 Å². The van der Waals surface area contributed by atoms with Gasteiger partial charge < -0.3 is 4.90 Å². The van der Waals surface area contributed by atoms with Crippen LogP contribution in [0.15, 0.2) is 176 Å². The smallest absolute Gasteiger partial charge is 0.0540 e. The zero-order chi connectivity index (χ0) is 29.7. The highest BCUT2D eigenvalue weighted by atomic mass is 15.1. The maximum absolute atomic E-state index is 2.41. The van der Waals surface area contributed by atoms with Gasteiger partial charge in [0, 0.05) is 16.8 Å². The molecule has 210 valence electrons. The van der Waals surface area contributed by atoms with E-state index in [4.69, 9.17) is 0 Å². The van der Waals surface area contributed by atoms with Gasteiger partial charge in [0.05, 0.1) is 5.69 Å². The first-order chi connectivity index (χ1) is 22.3. The van der Waals surface area contributed by atoms with E-state index < -0.39 is 0 Å². The lowest BCUT2D eigenvalue weighted by Crippen LogP contribution is -2.10. The fourth-order valence-corrected chi connectivity index (χ4v) is 6.88. The summed E-state index contributed by atoms with van der Waals surface area (Å²) in [5.74, 6) is 0.